The van der Waals surface area contributed by atoms with Crippen LogP contribution in [0.3, 0.4) is 0 Å². The minimum atomic E-state index is -2.99. The normalized spacial score (nSPS) is 35.3. The van der Waals surface area contributed by atoms with Crippen LogP contribution >= 0.6 is 0 Å². The molecule has 7 heteroatoms. The Kier molecular flexibility index (Phi) is 3.93. The zero-order valence-corrected chi connectivity index (χ0v) is 11.4. The van der Waals surface area contributed by atoms with Gasteiger partial charge in [0.1, 0.15) is 0 Å². The number of carbonyl (C=O) groups excluding carboxylic acids is 1. The highest BCUT2D eigenvalue weighted by atomic mass is 32.2. The van der Waals surface area contributed by atoms with Crippen LogP contribution in [-0.2, 0) is 19.4 Å². The maximum atomic E-state index is 11.9. The number of hydrogen-bond acceptors (Lipinski definition) is 5. The van der Waals surface area contributed by atoms with Gasteiger partial charge >= 0.3 is 0 Å². The first kappa shape index (κ1) is 13.8. The molecule has 2 aliphatic rings. The Balaban J connectivity index is 1.84. The molecule has 2 aliphatic heterocycles. The van der Waals surface area contributed by atoms with Crippen molar-refractivity contribution in [3.05, 3.63) is 0 Å². The van der Waals surface area contributed by atoms with E-state index in [-0.39, 0.29) is 23.5 Å². The second kappa shape index (κ2) is 5.14. The largest absolute Gasteiger partial charge is 0.378 e. The molecular weight excluding hydrogens is 256 g/mol. The van der Waals surface area contributed by atoms with Gasteiger partial charge in [-0.1, -0.05) is 0 Å². The molecule has 18 heavy (non-hydrogen) atoms. The molecule has 0 aromatic carbocycles. The summed E-state index contributed by atoms with van der Waals surface area (Å²) in [4.78, 5) is 11.9. The Labute approximate surface area is 107 Å². The summed E-state index contributed by atoms with van der Waals surface area (Å²) in [5.74, 6) is 0.0899. The molecule has 1 amide bonds. The summed E-state index contributed by atoms with van der Waals surface area (Å²) in [6.45, 7) is 3.75. The van der Waals surface area contributed by atoms with E-state index in [0.29, 0.717) is 26.1 Å². The van der Waals surface area contributed by atoms with Crippen molar-refractivity contribution >= 4 is 15.7 Å². The van der Waals surface area contributed by atoms with E-state index in [4.69, 9.17) is 4.74 Å². The molecule has 0 aliphatic carbocycles. The molecule has 0 bridgehead atoms. The van der Waals surface area contributed by atoms with Crippen molar-refractivity contribution in [3.8, 4) is 0 Å². The van der Waals surface area contributed by atoms with E-state index in [1.165, 1.54) is 0 Å². The first-order chi connectivity index (χ1) is 8.39. The van der Waals surface area contributed by atoms with Crippen LogP contribution in [0.2, 0.25) is 0 Å². The lowest BCUT2D eigenvalue weighted by Gasteiger charge is -2.27. The van der Waals surface area contributed by atoms with Gasteiger partial charge < -0.3 is 15.4 Å². The van der Waals surface area contributed by atoms with Gasteiger partial charge in [-0.3, -0.25) is 4.79 Å². The first-order valence-electron chi connectivity index (χ1n) is 6.21. The van der Waals surface area contributed by atoms with E-state index in [2.05, 4.69) is 10.6 Å². The number of morpholine rings is 1. The van der Waals surface area contributed by atoms with Crippen LogP contribution in [0, 0.1) is 0 Å². The fourth-order valence-corrected chi connectivity index (χ4v) is 4.56. The molecule has 0 aromatic rings. The van der Waals surface area contributed by atoms with Crippen LogP contribution in [0.15, 0.2) is 0 Å². The van der Waals surface area contributed by atoms with Crippen molar-refractivity contribution in [1.29, 1.82) is 0 Å². The minimum Gasteiger partial charge on any atom is -0.378 e. The molecule has 0 radical (unpaired) electrons. The Bertz CT molecular complexity index is 417. The van der Waals surface area contributed by atoms with Crippen LogP contribution in [-0.4, -0.2) is 57.2 Å². The monoisotopic (exact) mass is 276 g/mol. The predicted molar refractivity (Wildman–Crippen MR) is 67.0 cm³/mol. The fraction of sp³-hybridized carbons (Fsp3) is 0.909. The summed E-state index contributed by atoms with van der Waals surface area (Å²) < 4.78 is 28.1. The lowest BCUT2D eigenvalue weighted by molar-refractivity contribution is -0.123. The van der Waals surface area contributed by atoms with Crippen LogP contribution in [0.4, 0.5) is 0 Å². The van der Waals surface area contributed by atoms with Gasteiger partial charge in [-0.25, -0.2) is 8.42 Å². The van der Waals surface area contributed by atoms with Crippen molar-refractivity contribution in [2.24, 2.45) is 0 Å². The number of sulfone groups is 1. The molecule has 0 saturated carbocycles. The van der Waals surface area contributed by atoms with Crippen molar-refractivity contribution in [2.45, 2.75) is 31.3 Å². The van der Waals surface area contributed by atoms with Crippen LogP contribution in [0.5, 0.6) is 0 Å². The topological polar surface area (TPSA) is 84.5 Å². The van der Waals surface area contributed by atoms with Gasteiger partial charge in [0.2, 0.25) is 5.91 Å². The number of hydrogen-bond donors (Lipinski definition) is 2. The molecule has 2 saturated heterocycles. The van der Waals surface area contributed by atoms with Crippen LogP contribution in [0.1, 0.15) is 19.8 Å². The van der Waals surface area contributed by atoms with Gasteiger partial charge in [-0.2, -0.15) is 0 Å². The predicted octanol–water partition coefficient (Wildman–Crippen LogP) is -0.942. The number of amides is 1. The summed E-state index contributed by atoms with van der Waals surface area (Å²) >= 11 is 0. The molecule has 2 heterocycles. The highest BCUT2D eigenvalue weighted by molar-refractivity contribution is 7.91. The molecule has 0 aromatic heterocycles. The standard InChI is InChI=1S/C11H20N2O4S/c1-11(2-5-18(15,16)8-11)13-10(14)6-9-7-17-4-3-12-9/h9,12H,2-8H2,1H3,(H,13,14). The van der Waals surface area contributed by atoms with Gasteiger partial charge in [0.05, 0.1) is 30.3 Å². The van der Waals surface area contributed by atoms with E-state index in [1.54, 1.807) is 6.92 Å². The third kappa shape index (κ3) is 3.66. The summed E-state index contributed by atoms with van der Waals surface area (Å²) in [5.41, 5.74) is -0.606. The average molecular weight is 276 g/mol. The Morgan fingerprint density at radius 2 is 2.33 bits per heavy atom. The van der Waals surface area contributed by atoms with E-state index >= 15 is 0 Å². The van der Waals surface area contributed by atoms with Crippen molar-refractivity contribution in [3.63, 3.8) is 0 Å². The number of nitrogens with one attached hydrogen (secondary N) is 2. The van der Waals surface area contributed by atoms with Gasteiger partial charge in [0.15, 0.2) is 9.84 Å². The summed E-state index contributed by atoms with van der Waals surface area (Å²) in [6, 6.07) is 0.0281. The lowest BCUT2D eigenvalue weighted by atomic mass is 10.0. The van der Waals surface area contributed by atoms with Gasteiger partial charge in [-0.15, -0.1) is 0 Å². The molecule has 2 unspecified atom stereocenters. The molecule has 2 rings (SSSR count). The van der Waals surface area contributed by atoms with Crippen molar-refractivity contribution in [2.75, 3.05) is 31.3 Å². The summed E-state index contributed by atoms with van der Waals surface area (Å²) in [7, 11) is -2.99. The van der Waals surface area contributed by atoms with Crippen LogP contribution < -0.4 is 10.6 Å². The fourth-order valence-electron chi connectivity index (χ4n) is 2.47. The maximum absolute atomic E-state index is 11.9. The lowest BCUT2D eigenvalue weighted by Crippen LogP contribution is -2.50. The number of ether oxygens (including phenoxy) is 1. The molecule has 2 N–H and O–H groups in total. The van der Waals surface area contributed by atoms with E-state index in [0.717, 1.165) is 6.54 Å². The molecule has 104 valence electrons. The Hall–Kier alpha value is -0.660. The van der Waals surface area contributed by atoms with Crippen molar-refractivity contribution < 1.29 is 17.9 Å². The SMILES string of the molecule is CC1(NC(=O)CC2COCCN2)CCS(=O)(=O)C1. The zero-order chi connectivity index (χ0) is 13.2. The Morgan fingerprint density at radius 1 is 1.56 bits per heavy atom. The third-order valence-electron chi connectivity index (χ3n) is 3.37. The van der Waals surface area contributed by atoms with E-state index < -0.39 is 15.4 Å². The van der Waals surface area contributed by atoms with E-state index in [1.807, 2.05) is 0 Å². The third-order valence-corrected chi connectivity index (χ3v) is 5.28. The van der Waals surface area contributed by atoms with Crippen LogP contribution in [0.25, 0.3) is 0 Å². The second-order valence-electron chi connectivity index (χ2n) is 5.38. The van der Waals surface area contributed by atoms with Gasteiger partial charge in [0.25, 0.3) is 0 Å². The molecule has 0 spiro atoms. The average Bonchev–Trinajstić information content (AvgIpc) is 2.53. The molecule has 6 nitrogen and oxygen atoms in total. The number of carbonyl (C=O) groups is 1. The van der Waals surface area contributed by atoms with E-state index in [9.17, 15) is 13.2 Å². The molecule has 2 atom stereocenters. The van der Waals surface area contributed by atoms with Gasteiger partial charge in [0, 0.05) is 19.0 Å². The highest BCUT2D eigenvalue weighted by Gasteiger charge is 2.39. The zero-order valence-electron chi connectivity index (χ0n) is 10.6. The molecule has 2 fully saturated rings. The Morgan fingerprint density at radius 3 is 2.89 bits per heavy atom. The minimum absolute atomic E-state index is 0.0281. The second-order valence-corrected chi connectivity index (χ2v) is 7.57. The summed E-state index contributed by atoms with van der Waals surface area (Å²) in [6.07, 6.45) is 0.825. The smallest absolute Gasteiger partial charge is 0.222 e. The summed E-state index contributed by atoms with van der Waals surface area (Å²) in [5, 5.41) is 6.04. The quantitative estimate of drug-likeness (QED) is 0.695. The first-order valence-corrected chi connectivity index (χ1v) is 8.03. The number of rotatable bonds is 3. The van der Waals surface area contributed by atoms with Gasteiger partial charge in [-0.05, 0) is 13.3 Å². The maximum Gasteiger partial charge on any atom is 0.222 e. The molecular formula is C11H20N2O4S. The van der Waals surface area contributed by atoms with Crippen molar-refractivity contribution in [1.82, 2.24) is 10.6 Å². The highest BCUT2D eigenvalue weighted by Crippen LogP contribution is 2.22.